The fraction of sp³-hybridized carbons (Fsp3) is 0.444. The number of hydrogen-bond acceptors (Lipinski definition) is 3. The Bertz CT molecular complexity index is 229. The average molecular weight is 165 g/mol. The highest BCUT2D eigenvalue weighted by Crippen LogP contribution is 2.08. The lowest BCUT2D eigenvalue weighted by Crippen LogP contribution is -1.87. The minimum Gasteiger partial charge on any atom is -0.138 e. The van der Waals surface area contributed by atoms with Crippen molar-refractivity contribution >= 4 is 5.57 Å². The Morgan fingerprint density at radius 2 is 1.75 bits per heavy atom. The van der Waals surface area contributed by atoms with E-state index in [4.69, 9.17) is 0 Å². The molecule has 0 spiro atoms. The van der Waals surface area contributed by atoms with Crippen molar-refractivity contribution in [2.45, 2.75) is 27.7 Å². The predicted octanol–water partition coefficient (Wildman–Crippen LogP) is 2.32. The van der Waals surface area contributed by atoms with Gasteiger partial charge in [-0.1, -0.05) is 19.9 Å². The summed E-state index contributed by atoms with van der Waals surface area (Å²) in [5.41, 5.74) is 2.19. The third-order valence-corrected chi connectivity index (χ3v) is 1.39. The molecule has 0 aromatic carbocycles. The fourth-order valence-corrected chi connectivity index (χ4v) is 0.609. The second kappa shape index (κ2) is 6.46. The minimum atomic E-state index is 1.03. The van der Waals surface area contributed by atoms with Gasteiger partial charge in [-0.05, 0) is 24.6 Å². The van der Waals surface area contributed by atoms with Crippen LogP contribution in [0.4, 0.5) is 0 Å². The van der Waals surface area contributed by atoms with Crippen molar-refractivity contribution in [2.75, 3.05) is 0 Å². The molecule has 0 fully saturated rings. The van der Waals surface area contributed by atoms with Gasteiger partial charge >= 0.3 is 0 Å². The van der Waals surface area contributed by atoms with Gasteiger partial charge in [0.25, 0.3) is 0 Å². The summed E-state index contributed by atoms with van der Waals surface area (Å²) in [4.78, 5) is 0. The molecule has 0 N–H and O–H groups in total. The lowest BCUT2D eigenvalue weighted by Gasteiger charge is -1.94. The van der Waals surface area contributed by atoms with Gasteiger partial charge in [-0.3, -0.25) is 0 Å². The Labute approximate surface area is 73.5 Å². The van der Waals surface area contributed by atoms with Gasteiger partial charge in [-0.2, -0.15) is 0 Å². The van der Waals surface area contributed by atoms with Gasteiger partial charge in [0.15, 0.2) is 0 Å². The lowest BCUT2D eigenvalue weighted by molar-refractivity contribution is 0.860. The third-order valence-electron chi connectivity index (χ3n) is 1.39. The molecule has 0 amide bonds. The largest absolute Gasteiger partial charge is 0.138 e. The SMILES string of the molecule is C/C=C(\C)c1cnnnc1.CC. The number of aromatic nitrogens is 3. The molecule has 1 aromatic rings. The van der Waals surface area contributed by atoms with E-state index < -0.39 is 0 Å². The molecule has 0 atom stereocenters. The van der Waals surface area contributed by atoms with Crippen molar-refractivity contribution in [1.82, 2.24) is 15.4 Å². The molecule has 1 rings (SSSR count). The minimum absolute atomic E-state index is 1.03. The molecule has 1 aromatic heterocycles. The second-order valence-corrected chi connectivity index (χ2v) is 2.01. The van der Waals surface area contributed by atoms with Crippen LogP contribution in [-0.4, -0.2) is 15.4 Å². The lowest BCUT2D eigenvalue weighted by atomic mass is 10.2. The van der Waals surface area contributed by atoms with Crippen molar-refractivity contribution in [3.63, 3.8) is 0 Å². The predicted molar refractivity (Wildman–Crippen MR) is 50.5 cm³/mol. The van der Waals surface area contributed by atoms with Crippen molar-refractivity contribution in [2.24, 2.45) is 0 Å². The summed E-state index contributed by atoms with van der Waals surface area (Å²) in [5, 5.41) is 10.7. The summed E-state index contributed by atoms with van der Waals surface area (Å²) in [6, 6.07) is 0. The Kier molecular flexibility index (Phi) is 5.79. The van der Waals surface area contributed by atoms with E-state index in [-0.39, 0.29) is 0 Å². The first-order valence-electron chi connectivity index (χ1n) is 4.11. The monoisotopic (exact) mass is 165 g/mol. The summed E-state index contributed by atoms with van der Waals surface area (Å²) in [5.74, 6) is 0. The van der Waals surface area contributed by atoms with E-state index in [0.717, 1.165) is 5.56 Å². The van der Waals surface area contributed by atoms with Crippen LogP contribution in [0.15, 0.2) is 18.5 Å². The smallest absolute Gasteiger partial charge is 0.0605 e. The van der Waals surface area contributed by atoms with Gasteiger partial charge in [0, 0.05) is 5.56 Å². The zero-order chi connectivity index (χ0) is 9.40. The number of hydrogen-bond donors (Lipinski definition) is 0. The molecule has 0 aliphatic rings. The molecule has 0 saturated heterocycles. The Morgan fingerprint density at radius 3 is 2.17 bits per heavy atom. The zero-order valence-corrected chi connectivity index (χ0v) is 8.07. The molecule has 0 bridgehead atoms. The topological polar surface area (TPSA) is 38.7 Å². The van der Waals surface area contributed by atoms with E-state index in [1.54, 1.807) is 12.4 Å². The highest BCUT2D eigenvalue weighted by Gasteiger charge is 1.91. The molecule has 3 nitrogen and oxygen atoms in total. The molecule has 12 heavy (non-hydrogen) atoms. The summed E-state index contributed by atoms with van der Waals surface area (Å²) in [6.07, 6.45) is 5.41. The van der Waals surface area contributed by atoms with Gasteiger partial charge in [0.1, 0.15) is 0 Å². The van der Waals surface area contributed by atoms with Crippen LogP contribution < -0.4 is 0 Å². The number of allylic oxidation sites excluding steroid dienone is 2. The highest BCUT2D eigenvalue weighted by atomic mass is 15.3. The van der Waals surface area contributed by atoms with E-state index >= 15 is 0 Å². The van der Waals surface area contributed by atoms with Crippen LogP contribution in [-0.2, 0) is 0 Å². The second-order valence-electron chi connectivity index (χ2n) is 2.01. The van der Waals surface area contributed by atoms with Crippen LogP contribution in [0, 0.1) is 0 Å². The zero-order valence-electron chi connectivity index (χ0n) is 8.07. The molecule has 1 heterocycles. The van der Waals surface area contributed by atoms with Crippen LogP contribution in [0.5, 0.6) is 0 Å². The van der Waals surface area contributed by atoms with E-state index in [9.17, 15) is 0 Å². The quantitative estimate of drug-likeness (QED) is 0.641. The van der Waals surface area contributed by atoms with E-state index in [0.29, 0.717) is 0 Å². The normalized spacial score (nSPS) is 10.2. The van der Waals surface area contributed by atoms with Crippen LogP contribution in [0.3, 0.4) is 0 Å². The summed E-state index contributed by atoms with van der Waals surface area (Å²) < 4.78 is 0. The van der Waals surface area contributed by atoms with Crippen LogP contribution in [0.2, 0.25) is 0 Å². The molecule has 0 aliphatic carbocycles. The molecular formula is C9H15N3. The maximum absolute atomic E-state index is 3.65. The maximum Gasteiger partial charge on any atom is 0.0605 e. The van der Waals surface area contributed by atoms with E-state index in [1.165, 1.54) is 5.57 Å². The molecule has 3 heteroatoms. The standard InChI is InChI=1S/C7H9N3.C2H6/c1-3-6(2)7-4-8-10-9-5-7;1-2/h3-5H,1-2H3;1-2H3/b6-3+;. The Balaban J connectivity index is 0.000000561. The van der Waals surface area contributed by atoms with Crippen molar-refractivity contribution in [3.05, 3.63) is 24.0 Å². The van der Waals surface area contributed by atoms with Crippen molar-refractivity contribution in [3.8, 4) is 0 Å². The van der Waals surface area contributed by atoms with Crippen LogP contribution in [0.1, 0.15) is 33.3 Å². The van der Waals surface area contributed by atoms with Gasteiger partial charge in [-0.25, -0.2) is 0 Å². The Hall–Kier alpha value is -1.25. The van der Waals surface area contributed by atoms with Gasteiger partial charge in [0.2, 0.25) is 0 Å². The van der Waals surface area contributed by atoms with Crippen LogP contribution >= 0.6 is 0 Å². The van der Waals surface area contributed by atoms with Gasteiger partial charge < -0.3 is 0 Å². The number of rotatable bonds is 1. The number of nitrogens with zero attached hydrogens (tertiary/aromatic N) is 3. The highest BCUT2D eigenvalue weighted by molar-refractivity contribution is 5.61. The van der Waals surface area contributed by atoms with E-state index in [1.807, 2.05) is 33.8 Å². The van der Waals surface area contributed by atoms with Crippen molar-refractivity contribution in [1.29, 1.82) is 0 Å². The first-order chi connectivity index (χ1) is 5.84. The van der Waals surface area contributed by atoms with Gasteiger partial charge in [-0.15, -0.1) is 10.2 Å². The molecule has 0 radical (unpaired) electrons. The Morgan fingerprint density at radius 1 is 1.25 bits per heavy atom. The summed E-state index contributed by atoms with van der Waals surface area (Å²) >= 11 is 0. The maximum atomic E-state index is 3.65. The molecule has 0 saturated carbocycles. The van der Waals surface area contributed by atoms with E-state index in [2.05, 4.69) is 15.4 Å². The fourth-order valence-electron chi connectivity index (χ4n) is 0.609. The first-order valence-corrected chi connectivity index (χ1v) is 4.11. The average Bonchev–Trinajstić information content (AvgIpc) is 2.21. The molecule has 0 unspecified atom stereocenters. The van der Waals surface area contributed by atoms with Crippen molar-refractivity contribution < 1.29 is 0 Å². The van der Waals surface area contributed by atoms with Gasteiger partial charge in [0.05, 0.1) is 12.4 Å². The third kappa shape index (κ3) is 3.23. The molecular weight excluding hydrogens is 150 g/mol. The summed E-state index contributed by atoms with van der Waals surface area (Å²) in [7, 11) is 0. The van der Waals surface area contributed by atoms with Crippen LogP contribution in [0.25, 0.3) is 5.57 Å². The molecule has 66 valence electrons. The summed E-state index contributed by atoms with van der Waals surface area (Å²) in [6.45, 7) is 7.99. The molecule has 0 aliphatic heterocycles. The first kappa shape index (κ1) is 10.8.